The number of rotatable bonds is 5. The van der Waals surface area contributed by atoms with E-state index in [-0.39, 0.29) is 18.7 Å². The fourth-order valence-corrected chi connectivity index (χ4v) is 3.15. The summed E-state index contributed by atoms with van der Waals surface area (Å²) in [5.41, 5.74) is 3.25. The lowest BCUT2D eigenvalue weighted by Gasteiger charge is -2.13. The molecule has 2 aromatic carbocycles. The fourth-order valence-electron chi connectivity index (χ4n) is 3.15. The van der Waals surface area contributed by atoms with Gasteiger partial charge in [-0.05, 0) is 43.7 Å². The van der Waals surface area contributed by atoms with E-state index in [1.54, 1.807) is 0 Å². The van der Waals surface area contributed by atoms with Crippen molar-refractivity contribution < 1.29 is 14.3 Å². The molecule has 6 nitrogen and oxygen atoms in total. The van der Waals surface area contributed by atoms with E-state index in [9.17, 15) is 4.79 Å². The lowest BCUT2D eigenvalue weighted by Crippen LogP contribution is -2.27. The molecule has 1 aliphatic heterocycles. The Morgan fingerprint density at radius 1 is 1.15 bits per heavy atom. The number of hydrogen-bond donors (Lipinski definition) is 1. The number of carbonyl (C=O) groups is 1. The first kappa shape index (κ1) is 17.1. The van der Waals surface area contributed by atoms with Crippen molar-refractivity contribution in [1.82, 2.24) is 15.1 Å². The van der Waals surface area contributed by atoms with E-state index < -0.39 is 0 Å². The number of nitrogens with zero attached hydrogens (tertiary/aromatic N) is 2. The van der Waals surface area contributed by atoms with Crippen LogP contribution < -0.4 is 14.8 Å². The molecule has 3 aromatic rings. The lowest BCUT2D eigenvalue weighted by molar-refractivity contribution is 0.0934. The van der Waals surface area contributed by atoms with Crippen LogP contribution in [0.1, 0.15) is 35.9 Å². The van der Waals surface area contributed by atoms with E-state index in [1.165, 1.54) is 0 Å². The molecule has 2 heterocycles. The molecule has 0 bridgehead atoms. The number of amides is 1. The minimum Gasteiger partial charge on any atom is -0.454 e. The van der Waals surface area contributed by atoms with Crippen LogP contribution in [0.25, 0.3) is 11.3 Å². The van der Waals surface area contributed by atoms with Gasteiger partial charge in [0.2, 0.25) is 6.79 Å². The van der Waals surface area contributed by atoms with E-state index in [1.807, 2.05) is 73.1 Å². The second kappa shape index (κ2) is 7.15. The summed E-state index contributed by atoms with van der Waals surface area (Å²) < 4.78 is 12.6. The van der Waals surface area contributed by atoms with Gasteiger partial charge in [0, 0.05) is 12.1 Å². The monoisotopic (exact) mass is 363 g/mol. The zero-order valence-electron chi connectivity index (χ0n) is 15.3. The SMILES string of the molecule is CCn1nc(C(=O)NC(C)c2ccccc2)cc1-c1ccc2c(c1)OCO2. The van der Waals surface area contributed by atoms with Gasteiger partial charge >= 0.3 is 0 Å². The number of carbonyl (C=O) groups excluding carboxylic acids is 1. The summed E-state index contributed by atoms with van der Waals surface area (Å²) in [4.78, 5) is 12.7. The molecule has 138 valence electrons. The fraction of sp³-hybridized carbons (Fsp3) is 0.238. The van der Waals surface area contributed by atoms with Gasteiger partial charge in [-0.25, -0.2) is 0 Å². The summed E-state index contributed by atoms with van der Waals surface area (Å²) >= 11 is 0. The molecule has 4 rings (SSSR count). The lowest BCUT2D eigenvalue weighted by atomic mass is 10.1. The molecular formula is C21H21N3O3. The van der Waals surface area contributed by atoms with E-state index in [4.69, 9.17) is 9.47 Å². The second-order valence-corrected chi connectivity index (χ2v) is 6.40. The molecule has 6 heteroatoms. The van der Waals surface area contributed by atoms with E-state index >= 15 is 0 Å². The zero-order valence-corrected chi connectivity index (χ0v) is 15.3. The highest BCUT2D eigenvalue weighted by Gasteiger charge is 2.19. The predicted octanol–water partition coefficient (Wildman–Crippen LogP) is 3.79. The Bertz CT molecular complexity index is 966. The topological polar surface area (TPSA) is 65.4 Å². The van der Waals surface area contributed by atoms with Crippen molar-refractivity contribution in [3.8, 4) is 22.8 Å². The first-order chi connectivity index (χ1) is 13.2. The molecule has 0 aliphatic carbocycles. The molecule has 1 amide bonds. The molecule has 27 heavy (non-hydrogen) atoms. The third-order valence-corrected chi connectivity index (χ3v) is 4.63. The Hall–Kier alpha value is -3.28. The molecule has 1 aromatic heterocycles. The first-order valence-electron chi connectivity index (χ1n) is 8.99. The summed E-state index contributed by atoms with van der Waals surface area (Å²) in [5, 5.41) is 7.49. The van der Waals surface area contributed by atoms with Crippen LogP contribution in [0.3, 0.4) is 0 Å². The maximum Gasteiger partial charge on any atom is 0.272 e. The van der Waals surface area contributed by atoms with Crippen molar-refractivity contribution >= 4 is 5.91 Å². The highest BCUT2D eigenvalue weighted by Crippen LogP contribution is 2.36. The van der Waals surface area contributed by atoms with Gasteiger partial charge in [-0.3, -0.25) is 9.48 Å². The van der Waals surface area contributed by atoms with E-state index in [0.717, 1.165) is 22.6 Å². The smallest absolute Gasteiger partial charge is 0.272 e. The van der Waals surface area contributed by atoms with Gasteiger partial charge in [-0.1, -0.05) is 30.3 Å². The molecule has 1 atom stereocenters. The Balaban J connectivity index is 1.58. The van der Waals surface area contributed by atoms with Crippen molar-refractivity contribution in [2.24, 2.45) is 0 Å². The number of hydrogen-bond acceptors (Lipinski definition) is 4. The molecule has 1 aliphatic rings. The number of aryl methyl sites for hydroxylation is 1. The van der Waals surface area contributed by atoms with Gasteiger partial charge in [-0.15, -0.1) is 0 Å². The van der Waals surface area contributed by atoms with Crippen LogP contribution in [0.2, 0.25) is 0 Å². The highest BCUT2D eigenvalue weighted by molar-refractivity contribution is 5.93. The summed E-state index contributed by atoms with van der Waals surface area (Å²) in [7, 11) is 0. The third kappa shape index (κ3) is 3.38. The summed E-state index contributed by atoms with van der Waals surface area (Å²) in [6.07, 6.45) is 0. The molecule has 0 fully saturated rings. The van der Waals surface area contributed by atoms with Gasteiger partial charge in [0.25, 0.3) is 5.91 Å². The quantitative estimate of drug-likeness (QED) is 0.749. The average Bonchev–Trinajstić information content (AvgIpc) is 3.34. The van der Waals surface area contributed by atoms with Gasteiger partial charge < -0.3 is 14.8 Å². The number of benzene rings is 2. The van der Waals surface area contributed by atoms with Crippen molar-refractivity contribution in [1.29, 1.82) is 0 Å². The highest BCUT2D eigenvalue weighted by atomic mass is 16.7. The molecule has 0 radical (unpaired) electrons. The maximum atomic E-state index is 12.7. The van der Waals surface area contributed by atoms with Crippen LogP contribution in [0.5, 0.6) is 11.5 Å². The number of aromatic nitrogens is 2. The predicted molar refractivity (Wildman–Crippen MR) is 102 cm³/mol. The maximum absolute atomic E-state index is 12.7. The number of nitrogens with one attached hydrogen (secondary N) is 1. The molecule has 0 spiro atoms. The van der Waals surface area contributed by atoms with Gasteiger partial charge in [0.1, 0.15) is 0 Å². The Morgan fingerprint density at radius 2 is 1.93 bits per heavy atom. The first-order valence-corrected chi connectivity index (χ1v) is 8.99. The van der Waals surface area contributed by atoms with Crippen molar-refractivity contribution in [2.75, 3.05) is 6.79 Å². The molecule has 0 saturated heterocycles. The number of fused-ring (bicyclic) bond motifs is 1. The minimum absolute atomic E-state index is 0.0977. The minimum atomic E-state index is -0.194. The van der Waals surface area contributed by atoms with Crippen LogP contribution in [0, 0.1) is 0 Å². The average molecular weight is 363 g/mol. The van der Waals surface area contributed by atoms with Crippen LogP contribution in [-0.2, 0) is 6.54 Å². The summed E-state index contributed by atoms with van der Waals surface area (Å²) in [6, 6.07) is 17.3. The molecule has 1 unspecified atom stereocenters. The van der Waals surface area contributed by atoms with Crippen LogP contribution in [0.15, 0.2) is 54.6 Å². The van der Waals surface area contributed by atoms with Gasteiger partial charge in [-0.2, -0.15) is 5.10 Å². The molecule has 1 N–H and O–H groups in total. The van der Waals surface area contributed by atoms with Crippen LogP contribution in [-0.4, -0.2) is 22.5 Å². The second-order valence-electron chi connectivity index (χ2n) is 6.40. The Morgan fingerprint density at radius 3 is 2.70 bits per heavy atom. The summed E-state index contributed by atoms with van der Waals surface area (Å²) in [5.74, 6) is 1.25. The molecular weight excluding hydrogens is 342 g/mol. The summed E-state index contributed by atoms with van der Waals surface area (Å²) in [6.45, 7) is 4.85. The standard InChI is InChI=1S/C21H21N3O3/c1-3-24-18(16-9-10-19-20(11-16)27-13-26-19)12-17(23-24)21(25)22-14(2)15-7-5-4-6-8-15/h4-12,14H,3,13H2,1-2H3,(H,22,25). The Labute approximate surface area is 157 Å². The largest absolute Gasteiger partial charge is 0.454 e. The van der Waals surface area contributed by atoms with Crippen LogP contribution >= 0.6 is 0 Å². The van der Waals surface area contributed by atoms with Crippen molar-refractivity contribution in [3.05, 3.63) is 65.9 Å². The van der Waals surface area contributed by atoms with Gasteiger partial charge in [0.15, 0.2) is 17.2 Å². The third-order valence-electron chi connectivity index (χ3n) is 4.63. The zero-order chi connectivity index (χ0) is 18.8. The van der Waals surface area contributed by atoms with Crippen LogP contribution in [0.4, 0.5) is 0 Å². The van der Waals surface area contributed by atoms with E-state index in [0.29, 0.717) is 18.0 Å². The van der Waals surface area contributed by atoms with E-state index in [2.05, 4.69) is 10.4 Å². The van der Waals surface area contributed by atoms with Crippen molar-refractivity contribution in [3.63, 3.8) is 0 Å². The van der Waals surface area contributed by atoms with Gasteiger partial charge in [0.05, 0.1) is 11.7 Å². The van der Waals surface area contributed by atoms with Crippen molar-refractivity contribution in [2.45, 2.75) is 26.4 Å². The molecule has 0 saturated carbocycles. The Kier molecular flexibility index (Phi) is 4.54. The number of ether oxygens (including phenoxy) is 2. The normalized spacial score (nSPS) is 13.4.